The van der Waals surface area contributed by atoms with Crippen LogP contribution in [0.4, 0.5) is 5.69 Å². The lowest BCUT2D eigenvalue weighted by Gasteiger charge is -2.29. The molecule has 0 radical (unpaired) electrons. The Morgan fingerprint density at radius 2 is 1.95 bits per heavy atom. The van der Waals surface area contributed by atoms with Crippen molar-refractivity contribution in [1.82, 2.24) is 9.88 Å². The van der Waals surface area contributed by atoms with E-state index in [0.717, 1.165) is 18.2 Å². The number of hydrogen-bond acceptors (Lipinski definition) is 4. The number of nitrogens with zero attached hydrogens (tertiary/aromatic N) is 2. The number of benzene rings is 1. The maximum atomic E-state index is 12.4. The molecule has 0 saturated carbocycles. The lowest BCUT2D eigenvalue weighted by atomic mass is 10.1. The van der Waals surface area contributed by atoms with E-state index in [2.05, 4.69) is 4.98 Å². The fourth-order valence-electron chi connectivity index (χ4n) is 2.55. The van der Waals surface area contributed by atoms with E-state index in [4.69, 9.17) is 11.5 Å². The summed E-state index contributed by atoms with van der Waals surface area (Å²) in [7, 11) is 0. The molecule has 2 heterocycles. The molecule has 20 heavy (non-hydrogen) atoms. The molecule has 0 unspecified atom stereocenters. The predicted octanol–water partition coefficient (Wildman–Crippen LogP) is 1.38. The molecule has 2 aromatic rings. The number of amides is 1. The first-order valence-corrected chi connectivity index (χ1v) is 6.85. The highest BCUT2D eigenvalue weighted by Crippen LogP contribution is 2.20. The second-order valence-corrected chi connectivity index (χ2v) is 5.25. The number of nitrogen functional groups attached to an aromatic ring is 1. The average molecular weight is 270 g/mol. The third-order valence-corrected chi connectivity index (χ3v) is 3.80. The van der Waals surface area contributed by atoms with Crippen LogP contribution in [0.25, 0.3) is 10.9 Å². The molecule has 5 heteroatoms. The third kappa shape index (κ3) is 2.32. The zero-order valence-electron chi connectivity index (χ0n) is 11.2. The van der Waals surface area contributed by atoms with Crippen molar-refractivity contribution in [3.63, 3.8) is 0 Å². The second kappa shape index (κ2) is 5.09. The lowest BCUT2D eigenvalue weighted by molar-refractivity contribution is 0.0709. The van der Waals surface area contributed by atoms with Crippen LogP contribution in [0.5, 0.6) is 0 Å². The first-order chi connectivity index (χ1) is 9.65. The highest BCUT2D eigenvalue weighted by atomic mass is 16.2. The zero-order valence-corrected chi connectivity index (χ0v) is 11.2. The fourth-order valence-corrected chi connectivity index (χ4v) is 2.55. The molecule has 3 rings (SSSR count). The Kier molecular flexibility index (Phi) is 3.28. The van der Waals surface area contributed by atoms with Gasteiger partial charge >= 0.3 is 0 Å². The van der Waals surface area contributed by atoms with E-state index in [1.807, 2.05) is 23.1 Å². The standard InChI is InChI=1S/C15H18N4O/c16-11-6-8-19(9-7-11)15(20)13-5-4-10-2-1-3-12(17)14(10)18-13/h1-5,11H,6-9,16-17H2. The van der Waals surface area contributed by atoms with Gasteiger partial charge in [-0.2, -0.15) is 0 Å². The van der Waals surface area contributed by atoms with Crippen molar-refractivity contribution in [2.45, 2.75) is 18.9 Å². The van der Waals surface area contributed by atoms with Crippen LogP contribution in [-0.4, -0.2) is 34.9 Å². The fraction of sp³-hybridized carbons (Fsp3) is 0.333. The van der Waals surface area contributed by atoms with Gasteiger partial charge in [0.15, 0.2) is 0 Å². The van der Waals surface area contributed by atoms with Gasteiger partial charge in [-0.25, -0.2) is 4.98 Å². The van der Waals surface area contributed by atoms with E-state index >= 15 is 0 Å². The highest BCUT2D eigenvalue weighted by Gasteiger charge is 2.22. The van der Waals surface area contributed by atoms with Crippen LogP contribution in [0, 0.1) is 0 Å². The van der Waals surface area contributed by atoms with Gasteiger partial charge in [0, 0.05) is 24.5 Å². The summed E-state index contributed by atoms with van der Waals surface area (Å²) in [4.78, 5) is 18.7. The van der Waals surface area contributed by atoms with Crippen LogP contribution < -0.4 is 11.5 Å². The molecule has 1 aliphatic heterocycles. The van der Waals surface area contributed by atoms with E-state index in [0.29, 0.717) is 30.0 Å². The molecule has 0 spiro atoms. The van der Waals surface area contributed by atoms with Crippen molar-refractivity contribution in [2.24, 2.45) is 5.73 Å². The Hall–Kier alpha value is -2.14. The van der Waals surface area contributed by atoms with Gasteiger partial charge in [-0.1, -0.05) is 18.2 Å². The molecule has 0 bridgehead atoms. The van der Waals surface area contributed by atoms with Gasteiger partial charge in [0.25, 0.3) is 5.91 Å². The first kappa shape index (κ1) is 12.9. The number of likely N-dealkylation sites (tertiary alicyclic amines) is 1. The predicted molar refractivity (Wildman–Crippen MR) is 79.3 cm³/mol. The molecule has 1 aromatic carbocycles. The van der Waals surface area contributed by atoms with Crippen molar-refractivity contribution in [2.75, 3.05) is 18.8 Å². The van der Waals surface area contributed by atoms with Crippen LogP contribution in [0.2, 0.25) is 0 Å². The van der Waals surface area contributed by atoms with E-state index in [1.54, 1.807) is 12.1 Å². The van der Waals surface area contributed by atoms with E-state index in [-0.39, 0.29) is 11.9 Å². The minimum Gasteiger partial charge on any atom is -0.397 e. The van der Waals surface area contributed by atoms with Crippen molar-refractivity contribution < 1.29 is 4.79 Å². The zero-order chi connectivity index (χ0) is 14.1. The van der Waals surface area contributed by atoms with Crippen LogP contribution in [0.15, 0.2) is 30.3 Å². The molecule has 4 N–H and O–H groups in total. The summed E-state index contributed by atoms with van der Waals surface area (Å²) in [6.45, 7) is 1.40. The second-order valence-electron chi connectivity index (χ2n) is 5.25. The number of carbonyl (C=O) groups is 1. The van der Waals surface area contributed by atoms with E-state index in [1.165, 1.54) is 0 Å². The van der Waals surface area contributed by atoms with Gasteiger partial charge in [-0.15, -0.1) is 0 Å². The highest BCUT2D eigenvalue weighted by molar-refractivity contribution is 5.97. The number of anilines is 1. The van der Waals surface area contributed by atoms with Gasteiger partial charge < -0.3 is 16.4 Å². The third-order valence-electron chi connectivity index (χ3n) is 3.80. The van der Waals surface area contributed by atoms with E-state index < -0.39 is 0 Å². The Labute approximate surface area is 117 Å². The molecule has 1 aliphatic rings. The smallest absolute Gasteiger partial charge is 0.272 e. The quantitative estimate of drug-likeness (QED) is 0.767. The SMILES string of the molecule is Nc1cccc2ccc(C(=O)N3CCC(N)CC3)nc12. The molecule has 1 amide bonds. The summed E-state index contributed by atoms with van der Waals surface area (Å²) < 4.78 is 0. The summed E-state index contributed by atoms with van der Waals surface area (Å²) >= 11 is 0. The van der Waals surface area contributed by atoms with Crippen molar-refractivity contribution in [3.05, 3.63) is 36.0 Å². The molecule has 1 fully saturated rings. The Morgan fingerprint density at radius 1 is 1.20 bits per heavy atom. The number of piperidine rings is 1. The number of aromatic nitrogens is 1. The van der Waals surface area contributed by atoms with Gasteiger partial charge in [-0.05, 0) is 25.0 Å². The number of rotatable bonds is 1. The van der Waals surface area contributed by atoms with Crippen molar-refractivity contribution in [1.29, 1.82) is 0 Å². The number of fused-ring (bicyclic) bond motifs is 1. The van der Waals surface area contributed by atoms with Gasteiger partial charge in [0.05, 0.1) is 11.2 Å². The van der Waals surface area contributed by atoms with Crippen LogP contribution in [0.1, 0.15) is 23.3 Å². The van der Waals surface area contributed by atoms with Crippen LogP contribution >= 0.6 is 0 Å². The largest absolute Gasteiger partial charge is 0.397 e. The Balaban J connectivity index is 1.90. The van der Waals surface area contributed by atoms with Gasteiger partial charge in [-0.3, -0.25) is 4.79 Å². The minimum atomic E-state index is -0.0398. The maximum Gasteiger partial charge on any atom is 0.272 e. The summed E-state index contributed by atoms with van der Waals surface area (Å²) in [5.41, 5.74) is 13.5. The normalized spacial score (nSPS) is 16.6. The van der Waals surface area contributed by atoms with Crippen LogP contribution in [-0.2, 0) is 0 Å². The maximum absolute atomic E-state index is 12.4. The Bertz CT molecular complexity index is 647. The molecule has 1 saturated heterocycles. The summed E-state index contributed by atoms with van der Waals surface area (Å²) in [5, 5.41) is 0.946. The molecule has 0 atom stereocenters. The molecule has 5 nitrogen and oxygen atoms in total. The number of para-hydroxylation sites is 1. The number of carbonyl (C=O) groups excluding carboxylic acids is 1. The number of hydrogen-bond donors (Lipinski definition) is 2. The number of pyridine rings is 1. The van der Waals surface area contributed by atoms with Crippen molar-refractivity contribution in [3.8, 4) is 0 Å². The molecule has 0 aliphatic carbocycles. The lowest BCUT2D eigenvalue weighted by Crippen LogP contribution is -2.43. The first-order valence-electron chi connectivity index (χ1n) is 6.85. The summed E-state index contributed by atoms with van der Waals surface area (Å²) in [6, 6.07) is 9.47. The molecule has 1 aromatic heterocycles. The van der Waals surface area contributed by atoms with E-state index in [9.17, 15) is 4.79 Å². The molecular formula is C15H18N4O. The molecule has 104 valence electrons. The topological polar surface area (TPSA) is 85.2 Å². The average Bonchev–Trinajstić information content (AvgIpc) is 2.47. The van der Waals surface area contributed by atoms with Crippen LogP contribution in [0.3, 0.4) is 0 Å². The molecular weight excluding hydrogens is 252 g/mol. The Morgan fingerprint density at radius 3 is 2.70 bits per heavy atom. The number of nitrogens with two attached hydrogens (primary N) is 2. The summed E-state index contributed by atoms with van der Waals surface area (Å²) in [6.07, 6.45) is 1.70. The van der Waals surface area contributed by atoms with Crippen molar-refractivity contribution >= 4 is 22.5 Å². The van der Waals surface area contributed by atoms with Gasteiger partial charge in [0.2, 0.25) is 0 Å². The monoisotopic (exact) mass is 270 g/mol. The van der Waals surface area contributed by atoms with Gasteiger partial charge in [0.1, 0.15) is 5.69 Å². The minimum absolute atomic E-state index is 0.0398. The summed E-state index contributed by atoms with van der Waals surface area (Å²) in [5.74, 6) is -0.0398.